The third kappa shape index (κ3) is 3.93. The normalized spacial score (nSPS) is 11.5. The first-order valence-electron chi connectivity index (χ1n) is 8.65. The molecule has 0 aliphatic heterocycles. The number of benzene rings is 3. The molecule has 0 atom stereocenters. The average molecular weight is 402 g/mol. The van der Waals surface area contributed by atoms with Crippen molar-refractivity contribution in [2.24, 2.45) is 0 Å². The topological polar surface area (TPSA) is 96.4 Å². The number of para-hydroxylation sites is 2. The maximum absolute atomic E-state index is 11.9. The SMILES string of the molecule is N#CCOc1ccc2ccccc2c1/C=C(\Sc1nc2ccccc2o1)C(=O)O. The van der Waals surface area contributed by atoms with Gasteiger partial charge in [-0.25, -0.2) is 9.78 Å². The number of oxazole rings is 1. The fourth-order valence-electron chi connectivity index (χ4n) is 2.92. The average Bonchev–Trinajstić information content (AvgIpc) is 3.15. The lowest BCUT2D eigenvalue weighted by molar-refractivity contribution is -0.131. The highest BCUT2D eigenvalue weighted by Gasteiger charge is 2.17. The summed E-state index contributed by atoms with van der Waals surface area (Å²) in [6.45, 7) is -0.139. The molecule has 7 heteroatoms. The summed E-state index contributed by atoms with van der Waals surface area (Å²) in [5.74, 6) is -0.682. The van der Waals surface area contributed by atoms with E-state index >= 15 is 0 Å². The van der Waals surface area contributed by atoms with E-state index < -0.39 is 5.97 Å². The van der Waals surface area contributed by atoms with E-state index in [2.05, 4.69) is 4.98 Å². The van der Waals surface area contributed by atoms with Gasteiger partial charge in [0, 0.05) is 5.56 Å². The van der Waals surface area contributed by atoms with Crippen molar-refractivity contribution in [1.29, 1.82) is 5.26 Å². The number of carboxylic acids is 1. The number of carboxylic acid groups (broad SMARTS) is 1. The van der Waals surface area contributed by atoms with Gasteiger partial charge in [-0.3, -0.25) is 0 Å². The molecule has 142 valence electrons. The summed E-state index contributed by atoms with van der Waals surface area (Å²) in [6, 6.07) is 20.3. The summed E-state index contributed by atoms with van der Waals surface area (Å²) in [7, 11) is 0. The zero-order valence-corrected chi connectivity index (χ0v) is 15.8. The number of aromatic nitrogens is 1. The molecule has 1 N–H and O–H groups in total. The summed E-state index contributed by atoms with van der Waals surface area (Å²) in [5.41, 5.74) is 1.82. The van der Waals surface area contributed by atoms with Crippen molar-refractivity contribution < 1.29 is 19.1 Å². The number of aliphatic carboxylic acids is 1. The van der Waals surface area contributed by atoms with Crippen molar-refractivity contribution in [3.05, 3.63) is 71.1 Å². The van der Waals surface area contributed by atoms with Gasteiger partial charge < -0.3 is 14.3 Å². The zero-order valence-electron chi connectivity index (χ0n) is 15.0. The second kappa shape index (κ2) is 8.09. The van der Waals surface area contributed by atoms with Crippen LogP contribution in [0.5, 0.6) is 5.75 Å². The Morgan fingerprint density at radius 2 is 1.97 bits per heavy atom. The van der Waals surface area contributed by atoms with E-state index in [1.165, 1.54) is 6.08 Å². The Morgan fingerprint density at radius 1 is 1.17 bits per heavy atom. The number of hydrogen-bond acceptors (Lipinski definition) is 6. The molecule has 0 radical (unpaired) electrons. The molecule has 0 amide bonds. The molecule has 29 heavy (non-hydrogen) atoms. The van der Waals surface area contributed by atoms with E-state index in [4.69, 9.17) is 14.4 Å². The van der Waals surface area contributed by atoms with Crippen LogP contribution in [-0.2, 0) is 4.79 Å². The smallest absolute Gasteiger partial charge is 0.342 e. The quantitative estimate of drug-likeness (QED) is 0.354. The Balaban J connectivity index is 1.80. The second-order valence-electron chi connectivity index (χ2n) is 6.01. The minimum atomic E-state index is -1.11. The van der Waals surface area contributed by atoms with Gasteiger partial charge >= 0.3 is 5.97 Å². The van der Waals surface area contributed by atoms with Gasteiger partial charge in [0.15, 0.2) is 12.2 Å². The molecule has 0 saturated heterocycles. The largest absolute Gasteiger partial charge is 0.478 e. The standard InChI is InChI=1S/C22H14N2O4S/c23-11-12-27-18-10-9-14-5-1-2-6-15(14)16(18)13-20(21(25)26)29-22-24-17-7-3-4-8-19(17)28-22/h1-10,13H,12H2,(H,25,26)/b20-13-. The molecule has 0 aliphatic rings. The van der Waals surface area contributed by atoms with Crippen molar-refractivity contribution in [1.82, 2.24) is 4.98 Å². The number of carbonyl (C=O) groups is 1. The van der Waals surface area contributed by atoms with Crippen LogP contribution in [0.4, 0.5) is 0 Å². The van der Waals surface area contributed by atoms with Crippen LogP contribution in [0.1, 0.15) is 5.56 Å². The van der Waals surface area contributed by atoms with Crippen molar-refractivity contribution in [3.63, 3.8) is 0 Å². The summed E-state index contributed by atoms with van der Waals surface area (Å²) in [4.78, 5) is 16.3. The maximum atomic E-state index is 11.9. The van der Waals surface area contributed by atoms with Crippen molar-refractivity contribution in [2.45, 2.75) is 5.22 Å². The minimum absolute atomic E-state index is 0.0229. The third-order valence-corrected chi connectivity index (χ3v) is 5.04. The third-order valence-electron chi connectivity index (χ3n) is 4.18. The summed E-state index contributed by atoms with van der Waals surface area (Å²) >= 11 is 0.922. The summed E-state index contributed by atoms with van der Waals surface area (Å²) < 4.78 is 11.2. The van der Waals surface area contributed by atoms with Crippen LogP contribution in [-0.4, -0.2) is 22.7 Å². The second-order valence-corrected chi connectivity index (χ2v) is 7.00. The van der Waals surface area contributed by atoms with E-state index in [1.54, 1.807) is 18.2 Å². The zero-order chi connectivity index (χ0) is 20.2. The molecule has 0 unspecified atom stereocenters. The van der Waals surface area contributed by atoms with Gasteiger partial charge in [0.25, 0.3) is 5.22 Å². The number of rotatable bonds is 6. The molecule has 0 fully saturated rings. The van der Waals surface area contributed by atoms with Gasteiger partial charge in [0.2, 0.25) is 0 Å². The molecule has 0 spiro atoms. The van der Waals surface area contributed by atoms with Gasteiger partial charge in [-0.05, 0) is 46.8 Å². The monoisotopic (exact) mass is 402 g/mol. The molecule has 3 aromatic carbocycles. The molecule has 6 nitrogen and oxygen atoms in total. The Bertz CT molecular complexity index is 1250. The minimum Gasteiger partial charge on any atom is -0.478 e. The van der Waals surface area contributed by atoms with Gasteiger partial charge in [-0.2, -0.15) is 5.26 Å². The van der Waals surface area contributed by atoms with Crippen LogP contribution >= 0.6 is 11.8 Å². The maximum Gasteiger partial charge on any atom is 0.342 e. The fraction of sp³-hybridized carbons (Fsp3) is 0.0455. The Labute approximate surface area is 170 Å². The van der Waals surface area contributed by atoms with Gasteiger partial charge in [0.05, 0.1) is 0 Å². The lowest BCUT2D eigenvalue weighted by Gasteiger charge is -2.11. The highest BCUT2D eigenvalue weighted by molar-refractivity contribution is 8.03. The fourth-order valence-corrected chi connectivity index (χ4v) is 3.64. The summed E-state index contributed by atoms with van der Waals surface area (Å²) in [5, 5.41) is 20.6. The van der Waals surface area contributed by atoms with Crippen LogP contribution < -0.4 is 4.74 Å². The van der Waals surface area contributed by atoms with Crippen molar-refractivity contribution in [3.8, 4) is 11.8 Å². The van der Waals surface area contributed by atoms with Crippen LogP contribution in [0.2, 0.25) is 0 Å². The number of nitrogens with zero attached hydrogens (tertiary/aromatic N) is 2. The Morgan fingerprint density at radius 3 is 2.76 bits per heavy atom. The molecular formula is C22H14N2O4S. The number of ether oxygens (including phenoxy) is 1. The highest BCUT2D eigenvalue weighted by Crippen LogP contribution is 2.35. The first kappa shape index (κ1) is 18.6. The van der Waals surface area contributed by atoms with Crippen LogP contribution in [0.3, 0.4) is 0 Å². The number of hydrogen-bond donors (Lipinski definition) is 1. The lowest BCUT2D eigenvalue weighted by atomic mass is 10.0. The van der Waals surface area contributed by atoms with Crippen LogP contribution in [0, 0.1) is 11.3 Å². The summed E-state index contributed by atoms with van der Waals surface area (Å²) in [6.07, 6.45) is 1.52. The van der Waals surface area contributed by atoms with E-state index in [0.29, 0.717) is 22.4 Å². The predicted molar refractivity (Wildman–Crippen MR) is 111 cm³/mol. The first-order valence-corrected chi connectivity index (χ1v) is 9.47. The molecule has 0 saturated carbocycles. The van der Waals surface area contributed by atoms with Gasteiger partial charge in [-0.1, -0.05) is 42.5 Å². The highest BCUT2D eigenvalue weighted by atomic mass is 32.2. The van der Waals surface area contributed by atoms with E-state index in [1.807, 2.05) is 48.5 Å². The van der Waals surface area contributed by atoms with Crippen molar-refractivity contribution >= 4 is 45.7 Å². The van der Waals surface area contributed by atoms with E-state index in [0.717, 1.165) is 22.5 Å². The van der Waals surface area contributed by atoms with E-state index in [-0.39, 0.29) is 16.7 Å². The lowest BCUT2D eigenvalue weighted by Crippen LogP contribution is -2.00. The predicted octanol–water partition coefficient (Wildman–Crippen LogP) is 5.10. The first-order chi connectivity index (χ1) is 14.2. The molecule has 0 bridgehead atoms. The van der Waals surface area contributed by atoms with E-state index in [9.17, 15) is 9.90 Å². The molecular weight excluding hydrogens is 388 g/mol. The molecule has 1 heterocycles. The molecule has 1 aromatic heterocycles. The van der Waals surface area contributed by atoms with Crippen LogP contribution in [0.15, 0.2) is 75.2 Å². The Kier molecular flexibility index (Phi) is 5.18. The molecule has 4 aromatic rings. The Hall–Kier alpha value is -3.76. The van der Waals surface area contributed by atoms with Gasteiger partial charge in [0.1, 0.15) is 22.2 Å². The van der Waals surface area contributed by atoms with Gasteiger partial charge in [-0.15, -0.1) is 0 Å². The number of thioether (sulfide) groups is 1. The van der Waals surface area contributed by atoms with Crippen molar-refractivity contribution in [2.75, 3.05) is 6.61 Å². The number of fused-ring (bicyclic) bond motifs is 2. The van der Waals surface area contributed by atoms with Crippen LogP contribution in [0.25, 0.3) is 27.9 Å². The molecule has 4 rings (SSSR count). The number of nitriles is 1. The molecule has 0 aliphatic carbocycles.